The van der Waals surface area contributed by atoms with Gasteiger partial charge in [0.05, 0.1) is 7.11 Å². The fraction of sp³-hybridized carbons (Fsp3) is 0.438. The van der Waals surface area contributed by atoms with Crippen LogP contribution in [0.3, 0.4) is 0 Å². The van der Waals surface area contributed by atoms with Crippen molar-refractivity contribution in [3.8, 4) is 5.75 Å². The zero-order chi connectivity index (χ0) is 14.4. The minimum Gasteiger partial charge on any atom is -0.496 e. The number of nitrogens with one attached hydrogen (secondary N) is 2. The Bertz CT molecular complexity index is 523. The quantitative estimate of drug-likeness (QED) is 0.815. The Balaban J connectivity index is 2.20. The van der Waals surface area contributed by atoms with Gasteiger partial charge in [0.2, 0.25) is 0 Å². The summed E-state index contributed by atoms with van der Waals surface area (Å²) >= 11 is 0. The Labute approximate surface area is 120 Å². The second-order valence-electron chi connectivity index (χ2n) is 4.98. The van der Waals surface area contributed by atoms with Gasteiger partial charge in [-0.05, 0) is 37.1 Å². The minimum absolute atomic E-state index is 0.246. The minimum atomic E-state index is 0.246. The van der Waals surface area contributed by atoms with E-state index in [0.29, 0.717) is 0 Å². The molecule has 4 nitrogen and oxygen atoms in total. The highest BCUT2D eigenvalue weighted by Gasteiger charge is 2.14. The molecule has 0 fully saturated rings. The third kappa shape index (κ3) is 3.61. The molecule has 1 atom stereocenters. The van der Waals surface area contributed by atoms with Gasteiger partial charge in [-0.3, -0.25) is 0 Å². The van der Waals surface area contributed by atoms with E-state index in [4.69, 9.17) is 4.74 Å². The van der Waals surface area contributed by atoms with E-state index in [0.717, 1.165) is 36.5 Å². The number of nitrogens with zero attached hydrogens (tertiary/aromatic N) is 1. The molecule has 0 spiro atoms. The van der Waals surface area contributed by atoms with E-state index in [9.17, 15) is 0 Å². The molecule has 2 aromatic rings. The predicted octanol–water partition coefficient (Wildman–Crippen LogP) is 3.01. The number of methoxy groups -OCH3 is 1. The Morgan fingerprint density at radius 3 is 2.90 bits per heavy atom. The monoisotopic (exact) mass is 273 g/mol. The molecule has 0 amide bonds. The van der Waals surface area contributed by atoms with Crippen molar-refractivity contribution in [2.24, 2.45) is 0 Å². The number of aromatic amines is 1. The van der Waals surface area contributed by atoms with E-state index in [1.165, 1.54) is 5.56 Å². The van der Waals surface area contributed by atoms with Gasteiger partial charge >= 0.3 is 0 Å². The molecule has 1 heterocycles. The first-order chi connectivity index (χ1) is 9.74. The maximum atomic E-state index is 5.42. The maximum absolute atomic E-state index is 5.42. The summed E-state index contributed by atoms with van der Waals surface area (Å²) in [6, 6.07) is 6.63. The third-order valence-corrected chi connectivity index (χ3v) is 3.43. The molecular formula is C16H23N3O. The average Bonchev–Trinajstić information content (AvgIpc) is 2.97. The van der Waals surface area contributed by atoms with Crippen molar-refractivity contribution in [1.82, 2.24) is 15.3 Å². The summed E-state index contributed by atoms with van der Waals surface area (Å²) in [5.41, 5.74) is 2.39. The smallest absolute Gasteiger partial charge is 0.122 e. The maximum Gasteiger partial charge on any atom is 0.122 e. The summed E-state index contributed by atoms with van der Waals surface area (Å²) < 4.78 is 5.42. The van der Waals surface area contributed by atoms with Crippen LogP contribution in [0.25, 0.3) is 0 Å². The summed E-state index contributed by atoms with van der Waals surface area (Å²) in [5.74, 6) is 1.93. The van der Waals surface area contributed by atoms with Crippen molar-refractivity contribution in [2.45, 2.75) is 32.7 Å². The van der Waals surface area contributed by atoms with Crippen LogP contribution < -0.4 is 10.1 Å². The molecule has 0 saturated heterocycles. The Morgan fingerprint density at radius 2 is 2.25 bits per heavy atom. The molecule has 0 radical (unpaired) electrons. The van der Waals surface area contributed by atoms with Gasteiger partial charge in [0.15, 0.2) is 0 Å². The van der Waals surface area contributed by atoms with E-state index in [1.807, 2.05) is 6.20 Å². The van der Waals surface area contributed by atoms with Gasteiger partial charge in [0.1, 0.15) is 11.6 Å². The summed E-state index contributed by atoms with van der Waals surface area (Å²) in [6.45, 7) is 5.22. The molecule has 20 heavy (non-hydrogen) atoms. The summed E-state index contributed by atoms with van der Waals surface area (Å²) in [7, 11) is 1.72. The predicted molar refractivity (Wildman–Crippen MR) is 81.1 cm³/mol. The first-order valence-electron chi connectivity index (χ1n) is 7.10. The summed E-state index contributed by atoms with van der Waals surface area (Å²) in [4.78, 5) is 7.49. The molecule has 2 rings (SSSR count). The molecule has 0 aliphatic rings. The third-order valence-electron chi connectivity index (χ3n) is 3.43. The lowest BCUT2D eigenvalue weighted by molar-refractivity contribution is 0.409. The highest BCUT2D eigenvalue weighted by molar-refractivity contribution is 5.38. The van der Waals surface area contributed by atoms with Crippen molar-refractivity contribution >= 4 is 0 Å². The molecule has 0 saturated carbocycles. The second-order valence-corrected chi connectivity index (χ2v) is 4.98. The number of hydrogen-bond acceptors (Lipinski definition) is 3. The van der Waals surface area contributed by atoms with Crippen molar-refractivity contribution in [2.75, 3.05) is 13.7 Å². The zero-order valence-electron chi connectivity index (χ0n) is 12.4. The van der Waals surface area contributed by atoms with E-state index in [2.05, 4.69) is 47.3 Å². The van der Waals surface area contributed by atoms with Crippen LogP contribution in [0.5, 0.6) is 5.75 Å². The van der Waals surface area contributed by atoms with Crippen LogP contribution in [0.15, 0.2) is 30.6 Å². The number of rotatable bonds is 7. The van der Waals surface area contributed by atoms with Crippen LogP contribution in [0.4, 0.5) is 0 Å². The van der Waals surface area contributed by atoms with E-state index < -0.39 is 0 Å². The van der Waals surface area contributed by atoms with Crippen molar-refractivity contribution < 1.29 is 4.74 Å². The number of aryl methyl sites for hydroxylation is 1. The Kier molecular flexibility index (Phi) is 5.18. The van der Waals surface area contributed by atoms with Gasteiger partial charge in [-0.25, -0.2) is 4.98 Å². The van der Waals surface area contributed by atoms with Gasteiger partial charge in [0, 0.05) is 24.9 Å². The molecule has 0 aliphatic carbocycles. The van der Waals surface area contributed by atoms with Gasteiger partial charge in [-0.15, -0.1) is 0 Å². The summed E-state index contributed by atoms with van der Waals surface area (Å²) in [6.07, 6.45) is 5.61. The van der Waals surface area contributed by atoms with Gasteiger partial charge in [-0.2, -0.15) is 0 Å². The van der Waals surface area contributed by atoms with Crippen LogP contribution in [0.1, 0.15) is 36.3 Å². The van der Waals surface area contributed by atoms with E-state index in [1.54, 1.807) is 13.3 Å². The van der Waals surface area contributed by atoms with Crippen LogP contribution in [-0.2, 0) is 6.42 Å². The van der Waals surface area contributed by atoms with Gasteiger partial charge < -0.3 is 15.0 Å². The lowest BCUT2D eigenvalue weighted by Gasteiger charge is -2.19. The number of hydrogen-bond donors (Lipinski definition) is 2. The fourth-order valence-electron chi connectivity index (χ4n) is 2.28. The van der Waals surface area contributed by atoms with Crippen molar-refractivity contribution in [3.63, 3.8) is 0 Å². The molecular weight excluding hydrogens is 250 g/mol. The van der Waals surface area contributed by atoms with E-state index >= 15 is 0 Å². The molecule has 0 bridgehead atoms. The topological polar surface area (TPSA) is 49.9 Å². The normalized spacial score (nSPS) is 12.3. The number of H-pyrrole nitrogens is 1. The fourth-order valence-corrected chi connectivity index (χ4v) is 2.28. The first-order valence-corrected chi connectivity index (χ1v) is 7.10. The molecule has 2 N–H and O–H groups in total. The van der Waals surface area contributed by atoms with Crippen molar-refractivity contribution in [1.29, 1.82) is 0 Å². The molecule has 0 aliphatic heterocycles. The molecule has 4 heteroatoms. The number of benzene rings is 1. The number of aromatic nitrogens is 2. The Hall–Kier alpha value is -1.81. The molecule has 1 aromatic heterocycles. The SMILES string of the molecule is CCCNC(Cc1ncc[nH]1)c1ccc(C)c(OC)c1. The molecule has 1 aromatic carbocycles. The van der Waals surface area contributed by atoms with Crippen LogP contribution in [-0.4, -0.2) is 23.6 Å². The highest BCUT2D eigenvalue weighted by Crippen LogP contribution is 2.25. The van der Waals surface area contributed by atoms with Crippen LogP contribution in [0.2, 0.25) is 0 Å². The number of ether oxygens (including phenoxy) is 1. The van der Waals surface area contributed by atoms with Gasteiger partial charge in [0.25, 0.3) is 0 Å². The van der Waals surface area contributed by atoms with Crippen LogP contribution >= 0.6 is 0 Å². The van der Waals surface area contributed by atoms with Gasteiger partial charge in [-0.1, -0.05) is 19.1 Å². The number of imidazole rings is 1. The average molecular weight is 273 g/mol. The van der Waals surface area contributed by atoms with Crippen LogP contribution in [0, 0.1) is 6.92 Å². The first kappa shape index (κ1) is 14.6. The molecule has 108 valence electrons. The van der Waals surface area contributed by atoms with Crippen molar-refractivity contribution in [3.05, 3.63) is 47.5 Å². The standard InChI is InChI=1S/C16H23N3O/c1-4-7-17-14(11-16-18-8-9-19-16)13-6-5-12(2)15(10-13)20-3/h5-6,8-10,14,17H,4,7,11H2,1-3H3,(H,18,19). The Morgan fingerprint density at radius 1 is 1.40 bits per heavy atom. The largest absolute Gasteiger partial charge is 0.496 e. The zero-order valence-corrected chi connectivity index (χ0v) is 12.4. The van der Waals surface area contributed by atoms with E-state index in [-0.39, 0.29) is 6.04 Å². The lowest BCUT2D eigenvalue weighted by Crippen LogP contribution is -2.24. The lowest BCUT2D eigenvalue weighted by atomic mass is 10.0. The molecule has 1 unspecified atom stereocenters. The highest BCUT2D eigenvalue weighted by atomic mass is 16.5. The summed E-state index contributed by atoms with van der Waals surface area (Å²) in [5, 5.41) is 3.58. The second kappa shape index (κ2) is 7.10.